The van der Waals surface area contributed by atoms with Gasteiger partial charge in [0.25, 0.3) is 0 Å². The number of carbonyl (C=O) groups excluding carboxylic acids is 1. The molecule has 1 aliphatic heterocycles. The van der Waals surface area contributed by atoms with Crippen molar-refractivity contribution in [2.24, 2.45) is 0 Å². The fourth-order valence-electron chi connectivity index (χ4n) is 2.61. The van der Waals surface area contributed by atoms with E-state index in [4.69, 9.17) is 0 Å². The van der Waals surface area contributed by atoms with Gasteiger partial charge >= 0.3 is 0 Å². The third-order valence-corrected chi connectivity index (χ3v) is 5.00. The van der Waals surface area contributed by atoms with E-state index in [-0.39, 0.29) is 30.2 Å². The molecule has 1 aromatic carbocycles. The molecule has 1 aliphatic rings. The van der Waals surface area contributed by atoms with Crippen molar-refractivity contribution in [3.05, 3.63) is 48.0 Å². The molecule has 1 atom stereocenters. The summed E-state index contributed by atoms with van der Waals surface area (Å²) in [6.45, 7) is 1.54. The van der Waals surface area contributed by atoms with Gasteiger partial charge in [-0.15, -0.1) is 12.4 Å². The van der Waals surface area contributed by atoms with E-state index < -0.39 is 0 Å². The van der Waals surface area contributed by atoms with E-state index in [0.29, 0.717) is 19.4 Å². The minimum atomic E-state index is -0.264. The van der Waals surface area contributed by atoms with Crippen LogP contribution in [-0.4, -0.2) is 46.3 Å². The molecule has 0 bridgehead atoms. The number of halogens is 2. The molecule has 3 rings (SSSR count). The number of nitrogens with zero attached hydrogens (tertiary/aromatic N) is 2. The molecule has 0 saturated carbocycles. The number of benzene rings is 1. The topological polar surface area (TPSA) is 59.0 Å². The summed E-state index contributed by atoms with van der Waals surface area (Å²) < 4.78 is 14.7. The molecule has 0 radical (unpaired) electrons. The summed E-state index contributed by atoms with van der Waals surface area (Å²) in [6.07, 6.45) is 3.04. The van der Waals surface area contributed by atoms with Crippen LogP contribution in [0.4, 0.5) is 4.39 Å². The van der Waals surface area contributed by atoms with Gasteiger partial charge in [-0.3, -0.25) is 4.79 Å². The van der Waals surface area contributed by atoms with Gasteiger partial charge in [0.15, 0.2) is 0 Å². The second kappa shape index (κ2) is 9.79. The zero-order chi connectivity index (χ0) is 16.8. The van der Waals surface area contributed by atoms with E-state index >= 15 is 0 Å². The van der Waals surface area contributed by atoms with Crippen LogP contribution < -0.4 is 10.6 Å². The van der Waals surface area contributed by atoms with E-state index in [0.717, 1.165) is 29.4 Å². The first-order valence-electron chi connectivity index (χ1n) is 8.09. The van der Waals surface area contributed by atoms with Gasteiger partial charge in [0, 0.05) is 49.7 Å². The highest BCUT2D eigenvalue weighted by atomic mass is 35.5. The minimum Gasteiger partial charge on any atom is -0.356 e. The lowest BCUT2D eigenvalue weighted by molar-refractivity contribution is -0.121. The van der Waals surface area contributed by atoms with Gasteiger partial charge in [0.2, 0.25) is 5.91 Å². The Balaban J connectivity index is 0.00000225. The lowest BCUT2D eigenvalue weighted by atomic mass is 10.2. The van der Waals surface area contributed by atoms with Crippen LogP contribution in [0.2, 0.25) is 0 Å². The number of carbonyl (C=O) groups is 1. The van der Waals surface area contributed by atoms with Crippen LogP contribution >= 0.6 is 24.2 Å². The Bertz CT molecular complexity index is 674. The molecule has 1 saturated heterocycles. The van der Waals surface area contributed by atoms with E-state index in [9.17, 15) is 9.18 Å². The standard InChI is InChI=1S/C17H21FN4OS.ClH/c18-13-1-3-16(4-2-13)22-9-6-14(21-22)5-7-20-17(23)11-15-12-24-10-8-19-15;/h1-4,6,9,15,19H,5,7-8,10-12H2,(H,20,23);1H. The molecule has 25 heavy (non-hydrogen) atoms. The fourth-order valence-corrected chi connectivity index (χ4v) is 3.56. The Hall–Kier alpha value is -1.57. The maximum absolute atomic E-state index is 12.9. The van der Waals surface area contributed by atoms with Crippen LogP contribution in [0.5, 0.6) is 0 Å². The van der Waals surface area contributed by atoms with Gasteiger partial charge in [-0.2, -0.15) is 16.9 Å². The van der Waals surface area contributed by atoms with Crippen molar-refractivity contribution in [1.29, 1.82) is 0 Å². The van der Waals surface area contributed by atoms with Crippen molar-refractivity contribution < 1.29 is 9.18 Å². The Kier molecular flexibility index (Phi) is 7.74. The van der Waals surface area contributed by atoms with Gasteiger partial charge in [-0.1, -0.05) is 0 Å². The zero-order valence-electron chi connectivity index (χ0n) is 13.8. The quantitative estimate of drug-likeness (QED) is 0.801. The van der Waals surface area contributed by atoms with E-state index in [2.05, 4.69) is 15.7 Å². The summed E-state index contributed by atoms with van der Waals surface area (Å²) in [4.78, 5) is 11.9. The third-order valence-electron chi connectivity index (χ3n) is 3.87. The van der Waals surface area contributed by atoms with Gasteiger partial charge in [-0.25, -0.2) is 9.07 Å². The predicted octanol–water partition coefficient (Wildman–Crippen LogP) is 2.19. The number of amides is 1. The lowest BCUT2D eigenvalue weighted by Gasteiger charge is -2.22. The summed E-state index contributed by atoms with van der Waals surface area (Å²) in [5, 5.41) is 10.8. The molecule has 8 heteroatoms. The summed E-state index contributed by atoms with van der Waals surface area (Å²) in [7, 11) is 0. The number of rotatable bonds is 6. The normalized spacial score (nSPS) is 16.9. The highest BCUT2D eigenvalue weighted by Gasteiger charge is 2.16. The highest BCUT2D eigenvalue weighted by molar-refractivity contribution is 7.99. The van der Waals surface area contributed by atoms with Crippen LogP contribution in [0.1, 0.15) is 12.1 Å². The molecule has 5 nitrogen and oxygen atoms in total. The minimum absolute atomic E-state index is 0. The van der Waals surface area contributed by atoms with Crippen LogP contribution in [0.15, 0.2) is 36.5 Å². The molecule has 0 aliphatic carbocycles. The molecular weight excluding hydrogens is 363 g/mol. The van der Waals surface area contributed by atoms with Crippen molar-refractivity contribution in [3.8, 4) is 5.69 Å². The van der Waals surface area contributed by atoms with Crippen LogP contribution in [-0.2, 0) is 11.2 Å². The predicted molar refractivity (Wildman–Crippen MR) is 101 cm³/mol. The highest BCUT2D eigenvalue weighted by Crippen LogP contribution is 2.10. The van der Waals surface area contributed by atoms with E-state index in [1.807, 2.05) is 24.0 Å². The lowest BCUT2D eigenvalue weighted by Crippen LogP contribution is -2.41. The Labute approximate surface area is 157 Å². The van der Waals surface area contributed by atoms with Crippen molar-refractivity contribution >= 4 is 30.1 Å². The van der Waals surface area contributed by atoms with Crippen molar-refractivity contribution in [2.45, 2.75) is 18.9 Å². The molecule has 1 aromatic heterocycles. The second-order valence-corrected chi connectivity index (χ2v) is 6.91. The van der Waals surface area contributed by atoms with Gasteiger partial charge < -0.3 is 10.6 Å². The molecule has 1 fully saturated rings. The molecule has 2 N–H and O–H groups in total. The molecule has 0 spiro atoms. The third kappa shape index (κ3) is 6.02. The van der Waals surface area contributed by atoms with Crippen molar-refractivity contribution in [2.75, 3.05) is 24.6 Å². The SMILES string of the molecule is Cl.O=C(CC1CSCCN1)NCCc1ccn(-c2ccc(F)cc2)n1. The first-order chi connectivity index (χ1) is 11.7. The second-order valence-electron chi connectivity index (χ2n) is 5.76. The summed E-state index contributed by atoms with van der Waals surface area (Å²) in [5.41, 5.74) is 1.71. The Morgan fingerprint density at radius 1 is 1.36 bits per heavy atom. The van der Waals surface area contributed by atoms with Crippen LogP contribution in [0.25, 0.3) is 5.69 Å². The van der Waals surface area contributed by atoms with Crippen LogP contribution in [0.3, 0.4) is 0 Å². The molecule has 2 aromatic rings. The first-order valence-corrected chi connectivity index (χ1v) is 9.24. The average Bonchev–Trinajstić information content (AvgIpc) is 3.05. The molecule has 136 valence electrons. The maximum atomic E-state index is 12.9. The van der Waals surface area contributed by atoms with E-state index in [1.54, 1.807) is 16.8 Å². The van der Waals surface area contributed by atoms with Crippen molar-refractivity contribution in [1.82, 2.24) is 20.4 Å². The molecule has 1 amide bonds. The molecular formula is C17H22ClFN4OS. The van der Waals surface area contributed by atoms with Gasteiger partial charge in [-0.05, 0) is 30.3 Å². The largest absolute Gasteiger partial charge is 0.356 e. The monoisotopic (exact) mass is 384 g/mol. The number of thioether (sulfide) groups is 1. The Morgan fingerprint density at radius 2 is 2.16 bits per heavy atom. The van der Waals surface area contributed by atoms with Crippen molar-refractivity contribution in [3.63, 3.8) is 0 Å². The summed E-state index contributed by atoms with van der Waals surface area (Å²) in [6, 6.07) is 8.38. The zero-order valence-corrected chi connectivity index (χ0v) is 15.4. The van der Waals surface area contributed by atoms with Gasteiger partial charge in [0.05, 0.1) is 11.4 Å². The first kappa shape index (κ1) is 19.8. The van der Waals surface area contributed by atoms with Gasteiger partial charge in [0.1, 0.15) is 5.82 Å². The van der Waals surface area contributed by atoms with Crippen LogP contribution in [0, 0.1) is 5.82 Å². The van der Waals surface area contributed by atoms with E-state index in [1.165, 1.54) is 12.1 Å². The summed E-state index contributed by atoms with van der Waals surface area (Å²) in [5.74, 6) is 1.93. The molecule has 1 unspecified atom stereocenters. The number of hydrogen-bond acceptors (Lipinski definition) is 4. The maximum Gasteiger partial charge on any atom is 0.221 e. The number of nitrogens with one attached hydrogen (secondary N) is 2. The number of aromatic nitrogens is 2. The smallest absolute Gasteiger partial charge is 0.221 e. The Morgan fingerprint density at radius 3 is 2.88 bits per heavy atom. The number of hydrogen-bond donors (Lipinski definition) is 2. The summed E-state index contributed by atoms with van der Waals surface area (Å²) >= 11 is 1.89. The molecule has 2 heterocycles. The average molecular weight is 385 g/mol. The fraction of sp³-hybridized carbons (Fsp3) is 0.412.